The first kappa shape index (κ1) is 11.2. The lowest BCUT2D eigenvalue weighted by Crippen LogP contribution is -2.12. The van der Waals surface area contributed by atoms with E-state index < -0.39 is 0 Å². The van der Waals surface area contributed by atoms with Crippen molar-refractivity contribution in [2.75, 3.05) is 12.4 Å². The number of carbonyl (C=O) groups is 1. The van der Waals surface area contributed by atoms with Gasteiger partial charge < -0.3 is 10.1 Å². The minimum absolute atomic E-state index is 0.216. The number of nitrogens with zero attached hydrogens (tertiary/aromatic N) is 1. The second-order valence-corrected chi connectivity index (χ2v) is 3.61. The zero-order valence-electron chi connectivity index (χ0n) is 9.65. The molecule has 17 heavy (non-hydrogen) atoms. The summed E-state index contributed by atoms with van der Waals surface area (Å²) >= 11 is 0. The van der Waals surface area contributed by atoms with Gasteiger partial charge in [0.1, 0.15) is 11.4 Å². The third kappa shape index (κ3) is 2.44. The maximum absolute atomic E-state index is 11.7. The van der Waals surface area contributed by atoms with Gasteiger partial charge in [0, 0.05) is 11.9 Å². The number of amides is 1. The van der Waals surface area contributed by atoms with Crippen LogP contribution in [-0.4, -0.2) is 23.2 Å². The maximum atomic E-state index is 11.7. The standard InChI is InChI=1S/C12H13N3O2/c1-8-7-9(3-4-11(8)17-2)14-12(16)10-5-6-13-15-10/h3-7H,1-2H3,(H,13,15)(H,14,16). The number of ether oxygens (including phenoxy) is 1. The number of aromatic nitrogens is 2. The van der Waals surface area contributed by atoms with Gasteiger partial charge in [-0.2, -0.15) is 5.10 Å². The molecule has 5 nitrogen and oxygen atoms in total. The number of hydrogen-bond donors (Lipinski definition) is 2. The Labute approximate surface area is 98.8 Å². The smallest absolute Gasteiger partial charge is 0.273 e. The molecular weight excluding hydrogens is 218 g/mol. The molecule has 0 saturated heterocycles. The van der Waals surface area contributed by atoms with E-state index in [1.807, 2.05) is 19.1 Å². The van der Waals surface area contributed by atoms with Crippen molar-refractivity contribution in [2.45, 2.75) is 6.92 Å². The van der Waals surface area contributed by atoms with Crippen LogP contribution in [0.4, 0.5) is 5.69 Å². The second kappa shape index (κ2) is 4.69. The quantitative estimate of drug-likeness (QED) is 0.848. The monoisotopic (exact) mass is 231 g/mol. The van der Waals surface area contributed by atoms with Gasteiger partial charge >= 0.3 is 0 Å². The van der Waals surface area contributed by atoms with Crippen LogP contribution in [0.5, 0.6) is 5.75 Å². The Morgan fingerprint density at radius 1 is 1.41 bits per heavy atom. The predicted octanol–water partition coefficient (Wildman–Crippen LogP) is 1.98. The van der Waals surface area contributed by atoms with E-state index >= 15 is 0 Å². The lowest BCUT2D eigenvalue weighted by atomic mass is 10.2. The summed E-state index contributed by atoms with van der Waals surface area (Å²) in [5.74, 6) is 0.580. The number of aryl methyl sites for hydroxylation is 1. The number of aromatic amines is 1. The van der Waals surface area contributed by atoms with Crippen LogP contribution in [0.1, 0.15) is 16.1 Å². The highest BCUT2D eigenvalue weighted by Crippen LogP contribution is 2.21. The first-order valence-electron chi connectivity index (χ1n) is 5.16. The van der Waals surface area contributed by atoms with Crippen molar-refractivity contribution < 1.29 is 9.53 Å². The van der Waals surface area contributed by atoms with Crippen LogP contribution >= 0.6 is 0 Å². The van der Waals surface area contributed by atoms with Gasteiger partial charge in [-0.25, -0.2) is 0 Å². The first-order valence-corrected chi connectivity index (χ1v) is 5.16. The van der Waals surface area contributed by atoms with Crippen molar-refractivity contribution in [3.8, 4) is 5.75 Å². The molecule has 0 spiro atoms. The number of benzene rings is 1. The fourth-order valence-corrected chi connectivity index (χ4v) is 1.54. The normalized spacial score (nSPS) is 10.0. The highest BCUT2D eigenvalue weighted by atomic mass is 16.5. The molecule has 2 aromatic rings. The summed E-state index contributed by atoms with van der Waals surface area (Å²) in [5.41, 5.74) is 2.12. The molecule has 1 aromatic carbocycles. The molecule has 2 N–H and O–H groups in total. The average molecular weight is 231 g/mol. The van der Waals surface area contributed by atoms with E-state index in [-0.39, 0.29) is 5.91 Å². The van der Waals surface area contributed by atoms with Crippen LogP contribution < -0.4 is 10.1 Å². The first-order chi connectivity index (χ1) is 8.20. The molecule has 0 aliphatic carbocycles. The molecule has 0 atom stereocenters. The summed E-state index contributed by atoms with van der Waals surface area (Å²) in [6.07, 6.45) is 1.54. The number of nitrogens with one attached hydrogen (secondary N) is 2. The van der Waals surface area contributed by atoms with Gasteiger partial charge in [-0.15, -0.1) is 0 Å². The SMILES string of the molecule is COc1ccc(NC(=O)c2ccn[nH]2)cc1C. The van der Waals surface area contributed by atoms with E-state index in [1.54, 1.807) is 19.2 Å². The number of anilines is 1. The zero-order valence-corrected chi connectivity index (χ0v) is 9.65. The molecule has 0 aliphatic heterocycles. The molecule has 0 saturated carbocycles. The molecule has 0 fully saturated rings. The molecule has 88 valence electrons. The Kier molecular flexibility index (Phi) is 3.09. The third-order valence-corrected chi connectivity index (χ3v) is 2.40. The van der Waals surface area contributed by atoms with Gasteiger partial charge in [0.05, 0.1) is 7.11 Å². The third-order valence-electron chi connectivity index (χ3n) is 2.40. The maximum Gasteiger partial charge on any atom is 0.273 e. The van der Waals surface area contributed by atoms with E-state index in [4.69, 9.17) is 4.74 Å². The number of hydrogen-bond acceptors (Lipinski definition) is 3. The van der Waals surface area contributed by atoms with Gasteiger partial charge in [-0.05, 0) is 36.8 Å². The lowest BCUT2D eigenvalue weighted by Gasteiger charge is -2.08. The van der Waals surface area contributed by atoms with Crippen molar-refractivity contribution in [1.29, 1.82) is 0 Å². The average Bonchev–Trinajstić information content (AvgIpc) is 2.82. The largest absolute Gasteiger partial charge is 0.496 e. The molecule has 0 radical (unpaired) electrons. The Hall–Kier alpha value is -2.30. The van der Waals surface area contributed by atoms with Crippen LogP contribution in [0.25, 0.3) is 0 Å². The van der Waals surface area contributed by atoms with Gasteiger partial charge in [0.15, 0.2) is 0 Å². The van der Waals surface area contributed by atoms with Gasteiger partial charge in [0.2, 0.25) is 0 Å². The number of rotatable bonds is 3. The highest BCUT2D eigenvalue weighted by Gasteiger charge is 2.07. The summed E-state index contributed by atoms with van der Waals surface area (Å²) in [4.78, 5) is 11.7. The van der Waals surface area contributed by atoms with Crippen molar-refractivity contribution in [2.24, 2.45) is 0 Å². The highest BCUT2D eigenvalue weighted by molar-refractivity contribution is 6.02. The van der Waals surface area contributed by atoms with Crippen LogP contribution in [0.3, 0.4) is 0 Å². The van der Waals surface area contributed by atoms with Crippen LogP contribution in [-0.2, 0) is 0 Å². The lowest BCUT2D eigenvalue weighted by molar-refractivity contribution is 0.102. The van der Waals surface area contributed by atoms with Gasteiger partial charge in [0.25, 0.3) is 5.91 Å². The second-order valence-electron chi connectivity index (χ2n) is 3.61. The minimum atomic E-state index is -0.216. The van der Waals surface area contributed by atoms with E-state index in [9.17, 15) is 4.79 Å². The zero-order chi connectivity index (χ0) is 12.3. The Bertz CT molecular complexity index is 521. The van der Waals surface area contributed by atoms with Crippen LogP contribution in [0.15, 0.2) is 30.5 Å². The van der Waals surface area contributed by atoms with Crippen LogP contribution in [0.2, 0.25) is 0 Å². The molecular formula is C12H13N3O2. The van der Waals surface area contributed by atoms with Crippen molar-refractivity contribution in [1.82, 2.24) is 10.2 Å². The Morgan fingerprint density at radius 2 is 2.24 bits per heavy atom. The fraction of sp³-hybridized carbons (Fsp3) is 0.167. The van der Waals surface area contributed by atoms with Gasteiger partial charge in [-0.3, -0.25) is 9.89 Å². The topological polar surface area (TPSA) is 67.0 Å². The van der Waals surface area contributed by atoms with Gasteiger partial charge in [-0.1, -0.05) is 0 Å². The van der Waals surface area contributed by atoms with E-state index in [0.717, 1.165) is 17.0 Å². The number of carbonyl (C=O) groups excluding carboxylic acids is 1. The van der Waals surface area contributed by atoms with Crippen LogP contribution in [0, 0.1) is 6.92 Å². The van der Waals surface area contributed by atoms with E-state index in [2.05, 4.69) is 15.5 Å². The molecule has 0 unspecified atom stereocenters. The summed E-state index contributed by atoms with van der Waals surface area (Å²) in [7, 11) is 1.62. The van der Waals surface area contributed by atoms with E-state index in [0.29, 0.717) is 5.69 Å². The molecule has 0 aliphatic rings. The van der Waals surface area contributed by atoms with Crippen molar-refractivity contribution in [3.63, 3.8) is 0 Å². The summed E-state index contributed by atoms with van der Waals surface area (Å²) in [6, 6.07) is 7.08. The van der Waals surface area contributed by atoms with Crippen molar-refractivity contribution in [3.05, 3.63) is 41.7 Å². The summed E-state index contributed by atoms with van der Waals surface area (Å²) < 4.78 is 5.15. The van der Waals surface area contributed by atoms with E-state index in [1.165, 1.54) is 6.20 Å². The number of methoxy groups -OCH3 is 1. The molecule has 1 aromatic heterocycles. The summed E-state index contributed by atoms with van der Waals surface area (Å²) in [6.45, 7) is 1.92. The number of H-pyrrole nitrogens is 1. The Morgan fingerprint density at radius 3 is 2.82 bits per heavy atom. The summed E-state index contributed by atoms with van der Waals surface area (Å²) in [5, 5.41) is 9.10. The molecule has 1 heterocycles. The molecule has 1 amide bonds. The Balaban J connectivity index is 2.14. The predicted molar refractivity (Wildman–Crippen MR) is 64.3 cm³/mol. The van der Waals surface area contributed by atoms with Crippen molar-refractivity contribution >= 4 is 11.6 Å². The fourth-order valence-electron chi connectivity index (χ4n) is 1.54. The minimum Gasteiger partial charge on any atom is -0.496 e. The molecule has 5 heteroatoms. The molecule has 2 rings (SSSR count). The molecule has 0 bridgehead atoms.